The molecule has 2 aliphatic carbocycles. The van der Waals surface area contributed by atoms with Gasteiger partial charge in [-0.25, -0.2) is 0 Å². The lowest BCUT2D eigenvalue weighted by atomic mass is 9.51. The van der Waals surface area contributed by atoms with Crippen molar-refractivity contribution in [2.45, 2.75) is 64.6 Å². The van der Waals surface area contributed by atoms with Crippen LogP contribution in [0.1, 0.15) is 50.2 Å². The summed E-state index contributed by atoms with van der Waals surface area (Å²) in [6.45, 7) is 8.06. The van der Waals surface area contributed by atoms with E-state index in [9.17, 15) is 0 Å². The van der Waals surface area contributed by atoms with Crippen molar-refractivity contribution in [3.05, 3.63) is 29.3 Å². The molecule has 0 amide bonds. The molecule has 6 heteroatoms. The van der Waals surface area contributed by atoms with Crippen molar-refractivity contribution in [2.24, 2.45) is 16.3 Å². The van der Waals surface area contributed by atoms with Crippen molar-refractivity contribution >= 4 is 5.96 Å². The normalized spacial score (nSPS) is 27.4. The summed E-state index contributed by atoms with van der Waals surface area (Å²) in [6, 6.07) is 6.87. The first-order valence-electron chi connectivity index (χ1n) is 11.5. The highest BCUT2D eigenvalue weighted by molar-refractivity contribution is 5.80. The number of aryl methyl sites for hydroxylation is 1. The third kappa shape index (κ3) is 4.45. The molecule has 1 saturated heterocycles. The summed E-state index contributed by atoms with van der Waals surface area (Å²) in [7, 11) is 1.84. The zero-order valence-corrected chi connectivity index (χ0v) is 18.7. The first-order chi connectivity index (χ1) is 14.6. The second-order valence-corrected chi connectivity index (χ2v) is 9.04. The first kappa shape index (κ1) is 21.4. The van der Waals surface area contributed by atoms with Gasteiger partial charge in [-0.3, -0.25) is 4.99 Å². The highest BCUT2D eigenvalue weighted by atomic mass is 16.5. The Bertz CT molecular complexity index is 741. The van der Waals surface area contributed by atoms with Crippen molar-refractivity contribution in [1.29, 1.82) is 0 Å². The SMILES string of the molecule is CCOC1CC(NC(=NC)NCc2ccc(C)cc2OCC2CCOC2)C12CCC2. The van der Waals surface area contributed by atoms with E-state index in [-0.39, 0.29) is 0 Å². The minimum Gasteiger partial charge on any atom is -0.493 e. The molecule has 6 nitrogen and oxygen atoms in total. The number of benzene rings is 1. The maximum atomic E-state index is 6.19. The van der Waals surface area contributed by atoms with Gasteiger partial charge >= 0.3 is 0 Å². The molecule has 3 unspecified atom stereocenters. The molecule has 1 heterocycles. The van der Waals surface area contributed by atoms with Crippen LogP contribution < -0.4 is 15.4 Å². The monoisotopic (exact) mass is 415 g/mol. The van der Waals surface area contributed by atoms with Crippen LogP contribution in [0, 0.1) is 18.3 Å². The topological polar surface area (TPSA) is 64.1 Å². The Labute approximate surface area is 180 Å². The average molecular weight is 416 g/mol. The van der Waals surface area contributed by atoms with Crippen LogP contribution >= 0.6 is 0 Å². The third-order valence-corrected chi connectivity index (χ3v) is 7.14. The Morgan fingerprint density at radius 2 is 2.20 bits per heavy atom. The van der Waals surface area contributed by atoms with E-state index in [4.69, 9.17) is 14.2 Å². The molecule has 0 aromatic heterocycles. The van der Waals surface area contributed by atoms with Gasteiger partial charge in [-0.2, -0.15) is 0 Å². The van der Waals surface area contributed by atoms with Gasteiger partial charge in [-0.15, -0.1) is 0 Å². The molecule has 0 bridgehead atoms. The molecule has 0 radical (unpaired) electrons. The van der Waals surface area contributed by atoms with Crippen LogP contribution in [-0.4, -0.2) is 51.6 Å². The second kappa shape index (κ2) is 9.56. The number of guanidine groups is 1. The third-order valence-electron chi connectivity index (χ3n) is 7.14. The summed E-state index contributed by atoms with van der Waals surface area (Å²) in [5, 5.41) is 7.16. The van der Waals surface area contributed by atoms with Crippen LogP contribution in [0.4, 0.5) is 0 Å². The Morgan fingerprint density at radius 1 is 1.33 bits per heavy atom. The lowest BCUT2D eigenvalue weighted by molar-refractivity contribution is -0.168. The molecule has 30 heavy (non-hydrogen) atoms. The Morgan fingerprint density at radius 3 is 2.87 bits per heavy atom. The standard InChI is InChI=1S/C24H37N3O3/c1-4-29-22-13-21(24(22)9-5-10-24)27-23(25-3)26-14-19-7-6-17(2)12-20(19)30-16-18-8-11-28-15-18/h6-7,12,18,21-22H,4-5,8-11,13-16H2,1-3H3,(H2,25,26,27). The van der Waals surface area contributed by atoms with E-state index >= 15 is 0 Å². The maximum Gasteiger partial charge on any atom is 0.191 e. The second-order valence-electron chi connectivity index (χ2n) is 9.04. The smallest absolute Gasteiger partial charge is 0.191 e. The van der Waals surface area contributed by atoms with Gasteiger partial charge in [0.2, 0.25) is 0 Å². The number of rotatable bonds is 8. The Hall–Kier alpha value is -1.79. The molecule has 2 N–H and O–H groups in total. The van der Waals surface area contributed by atoms with Crippen molar-refractivity contribution in [2.75, 3.05) is 33.5 Å². The predicted octanol–water partition coefficient (Wildman–Crippen LogP) is 3.42. The van der Waals surface area contributed by atoms with Crippen molar-refractivity contribution < 1.29 is 14.2 Å². The molecule has 1 aliphatic heterocycles. The maximum absolute atomic E-state index is 6.19. The Kier molecular flexibility index (Phi) is 6.84. The molecule has 3 fully saturated rings. The number of aliphatic imine (C=N–C) groups is 1. The van der Waals surface area contributed by atoms with E-state index in [1.807, 2.05) is 7.05 Å². The van der Waals surface area contributed by atoms with Crippen LogP contribution in [0.25, 0.3) is 0 Å². The summed E-state index contributed by atoms with van der Waals surface area (Å²) in [6.07, 6.45) is 6.38. The van der Waals surface area contributed by atoms with E-state index in [1.54, 1.807) is 0 Å². The largest absolute Gasteiger partial charge is 0.493 e. The number of hydrogen-bond acceptors (Lipinski definition) is 4. The highest BCUT2D eigenvalue weighted by Crippen LogP contribution is 2.57. The minimum absolute atomic E-state index is 0.315. The van der Waals surface area contributed by atoms with Gasteiger partial charge in [-0.1, -0.05) is 18.6 Å². The van der Waals surface area contributed by atoms with Crippen molar-refractivity contribution in [1.82, 2.24) is 10.6 Å². The fourth-order valence-corrected chi connectivity index (χ4v) is 5.04. The van der Waals surface area contributed by atoms with Gasteiger partial charge < -0.3 is 24.8 Å². The summed E-state index contributed by atoms with van der Waals surface area (Å²) >= 11 is 0. The molecule has 2 saturated carbocycles. The van der Waals surface area contributed by atoms with Crippen molar-refractivity contribution in [3.8, 4) is 5.75 Å². The van der Waals surface area contributed by atoms with E-state index < -0.39 is 0 Å². The van der Waals surface area contributed by atoms with Crippen molar-refractivity contribution in [3.63, 3.8) is 0 Å². The van der Waals surface area contributed by atoms with E-state index in [0.29, 0.717) is 36.6 Å². The average Bonchev–Trinajstić information content (AvgIpc) is 3.21. The van der Waals surface area contributed by atoms with Gasteiger partial charge in [0.1, 0.15) is 5.75 Å². The van der Waals surface area contributed by atoms with Gasteiger partial charge in [0, 0.05) is 49.7 Å². The molecule has 4 rings (SSSR count). The van der Waals surface area contributed by atoms with E-state index in [0.717, 1.165) is 49.9 Å². The number of ether oxygens (including phenoxy) is 3. The number of hydrogen-bond donors (Lipinski definition) is 2. The summed E-state index contributed by atoms with van der Waals surface area (Å²) in [4.78, 5) is 4.47. The van der Waals surface area contributed by atoms with Gasteiger partial charge in [0.25, 0.3) is 0 Å². The van der Waals surface area contributed by atoms with Gasteiger partial charge in [0.15, 0.2) is 5.96 Å². The molecule has 3 atom stereocenters. The summed E-state index contributed by atoms with van der Waals surface area (Å²) < 4.78 is 17.6. The molecular weight excluding hydrogens is 378 g/mol. The Balaban J connectivity index is 1.33. The zero-order chi connectivity index (χ0) is 21.0. The van der Waals surface area contributed by atoms with Gasteiger partial charge in [-0.05, 0) is 51.2 Å². The van der Waals surface area contributed by atoms with Crippen LogP contribution in [0.5, 0.6) is 5.75 Å². The fourth-order valence-electron chi connectivity index (χ4n) is 5.04. The first-order valence-corrected chi connectivity index (χ1v) is 11.5. The van der Waals surface area contributed by atoms with Crippen LogP contribution in [0.15, 0.2) is 23.2 Å². The van der Waals surface area contributed by atoms with E-state index in [1.165, 1.54) is 24.8 Å². The molecule has 1 spiro atoms. The molecule has 166 valence electrons. The predicted molar refractivity (Wildman–Crippen MR) is 119 cm³/mol. The molecule has 1 aromatic rings. The highest BCUT2D eigenvalue weighted by Gasteiger charge is 2.59. The molecule has 3 aliphatic rings. The van der Waals surface area contributed by atoms with Crippen LogP contribution in [0.2, 0.25) is 0 Å². The molecular formula is C24H37N3O3. The van der Waals surface area contributed by atoms with Crippen LogP contribution in [0.3, 0.4) is 0 Å². The summed E-state index contributed by atoms with van der Waals surface area (Å²) in [5.74, 6) is 2.31. The van der Waals surface area contributed by atoms with Gasteiger partial charge in [0.05, 0.1) is 19.3 Å². The quantitative estimate of drug-likeness (QED) is 0.503. The zero-order valence-electron chi connectivity index (χ0n) is 18.7. The van der Waals surface area contributed by atoms with E-state index in [2.05, 4.69) is 47.7 Å². The molecule has 1 aromatic carbocycles. The lowest BCUT2D eigenvalue weighted by Gasteiger charge is -2.61. The van der Waals surface area contributed by atoms with Crippen LogP contribution in [-0.2, 0) is 16.0 Å². The minimum atomic E-state index is 0.315. The number of nitrogens with zero attached hydrogens (tertiary/aromatic N) is 1. The number of nitrogens with one attached hydrogen (secondary N) is 2. The fraction of sp³-hybridized carbons (Fsp3) is 0.708. The lowest BCUT2D eigenvalue weighted by Crippen LogP contribution is -2.68. The summed E-state index contributed by atoms with van der Waals surface area (Å²) in [5.41, 5.74) is 2.68.